The van der Waals surface area contributed by atoms with Crippen LogP contribution in [0.2, 0.25) is 0 Å². The number of carbonyl (C=O) groups excluding carboxylic acids is 3. The molecule has 31 heavy (non-hydrogen) atoms. The first-order valence-corrected chi connectivity index (χ1v) is 11.3. The highest BCUT2D eigenvalue weighted by Gasteiger charge is 2.57. The lowest BCUT2D eigenvalue weighted by molar-refractivity contribution is -0.145. The summed E-state index contributed by atoms with van der Waals surface area (Å²) < 4.78 is 11.0. The highest BCUT2D eigenvalue weighted by atomic mass is 16.5. The van der Waals surface area contributed by atoms with Crippen molar-refractivity contribution < 1.29 is 23.9 Å². The van der Waals surface area contributed by atoms with Gasteiger partial charge in [-0.2, -0.15) is 0 Å². The van der Waals surface area contributed by atoms with E-state index >= 15 is 0 Å². The zero-order valence-corrected chi connectivity index (χ0v) is 18.5. The molecule has 0 unspecified atom stereocenters. The topological polar surface area (TPSA) is 76.2 Å². The van der Waals surface area contributed by atoms with Crippen molar-refractivity contribution in [2.24, 2.45) is 0 Å². The number of hydrogen-bond acceptors (Lipinski definition) is 5. The van der Waals surface area contributed by atoms with Gasteiger partial charge in [0.05, 0.1) is 18.6 Å². The van der Waals surface area contributed by atoms with Crippen LogP contribution in [0.5, 0.6) is 5.75 Å². The van der Waals surface area contributed by atoms with Gasteiger partial charge in [-0.05, 0) is 31.7 Å². The van der Waals surface area contributed by atoms with E-state index in [9.17, 15) is 14.4 Å². The van der Waals surface area contributed by atoms with E-state index in [0.717, 1.165) is 38.5 Å². The standard InChI is InChI=1S/C24H32N2O5/c1-30-18-10-7-13-25(16-18)21(27)14-24(19-11-5-6-12-20(19)31-2)15-22(28)26(23(24)29)17-8-3-4-9-17/h5-6,11-12,17-18H,3-4,7-10,13-16H2,1-2H3/t18-,24+/m1/s1. The molecule has 1 aromatic rings. The largest absolute Gasteiger partial charge is 0.496 e. The molecule has 7 heteroatoms. The molecule has 1 saturated carbocycles. The van der Waals surface area contributed by atoms with Gasteiger partial charge >= 0.3 is 0 Å². The molecule has 0 spiro atoms. The van der Waals surface area contributed by atoms with Crippen LogP contribution in [-0.2, 0) is 24.5 Å². The Bertz CT molecular complexity index is 850. The van der Waals surface area contributed by atoms with E-state index in [1.165, 1.54) is 4.90 Å². The monoisotopic (exact) mass is 428 g/mol. The van der Waals surface area contributed by atoms with Crippen molar-refractivity contribution in [2.75, 3.05) is 27.3 Å². The summed E-state index contributed by atoms with van der Waals surface area (Å²) in [6.07, 6.45) is 5.51. The summed E-state index contributed by atoms with van der Waals surface area (Å²) in [5.41, 5.74) is -0.589. The van der Waals surface area contributed by atoms with E-state index in [0.29, 0.717) is 24.4 Å². The predicted molar refractivity (Wildman–Crippen MR) is 115 cm³/mol. The number of imide groups is 1. The highest BCUT2D eigenvalue weighted by Crippen LogP contribution is 2.46. The van der Waals surface area contributed by atoms with Gasteiger partial charge in [-0.25, -0.2) is 0 Å². The normalized spacial score (nSPS) is 27.2. The number of piperidine rings is 1. The maximum absolute atomic E-state index is 13.9. The number of likely N-dealkylation sites (tertiary alicyclic amines) is 2. The molecule has 3 amide bonds. The number of nitrogens with zero attached hydrogens (tertiary/aromatic N) is 2. The molecule has 0 N–H and O–H groups in total. The third-order valence-electron chi connectivity index (χ3n) is 7.18. The van der Waals surface area contributed by atoms with E-state index in [1.807, 2.05) is 18.2 Å². The van der Waals surface area contributed by atoms with Gasteiger partial charge in [0.1, 0.15) is 5.75 Å². The van der Waals surface area contributed by atoms with E-state index in [-0.39, 0.29) is 42.7 Å². The lowest BCUT2D eigenvalue weighted by Gasteiger charge is -2.35. The molecular formula is C24H32N2O5. The molecule has 2 atom stereocenters. The molecular weight excluding hydrogens is 396 g/mol. The average Bonchev–Trinajstić information content (AvgIpc) is 3.40. The molecule has 7 nitrogen and oxygen atoms in total. The van der Waals surface area contributed by atoms with Crippen LogP contribution in [0.25, 0.3) is 0 Å². The molecule has 0 radical (unpaired) electrons. The van der Waals surface area contributed by atoms with Gasteiger partial charge in [-0.1, -0.05) is 31.0 Å². The molecule has 2 heterocycles. The van der Waals surface area contributed by atoms with Crippen LogP contribution in [-0.4, -0.2) is 67.0 Å². The van der Waals surface area contributed by atoms with Crippen molar-refractivity contribution in [3.63, 3.8) is 0 Å². The number of hydrogen-bond donors (Lipinski definition) is 0. The lowest BCUT2D eigenvalue weighted by atomic mass is 9.75. The van der Waals surface area contributed by atoms with E-state index in [1.54, 1.807) is 25.2 Å². The van der Waals surface area contributed by atoms with Gasteiger partial charge in [0.25, 0.3) is 0 Å². The van der Waals surface area contributed by atoms with Crippen molar-refractivity contribution in [3.8, 4) is 5.75 Å². The quantitative estimate of drug-likeness (QED) is 0.651. The summed E-state index contributed by atoms with van der Waals surface area (Å²) in [6, 6.07) is 7.23. The molecule has 2 saturated heterocycles. The Labute approximate surface area is 183 Å². The Balaban J connectivity index is 1.69. The van der Waals surface area contributed by atoms with Gasteiger partial charge in [0.15, 0.2) is 0 Å². The van der Waals surface area contributed by atoms with Gasteiger partial charge in [0, 0.05) is 44.6 Å². The minimum atomic E-state index is -1.22. The number of amides is 3. The fraction of sp³-hybridized carbons (Fsp3) is 0.625. The SMILES string of the molecule is COc1ccccc1[C@]1(CC(=O)N2CCC[C@@H](OC)C2)CC(=O)N(C2CCCC2)C1=O. The van der Waals surface area contributed by atoms with Gasteiger partial charge in [-0.3, -0.25) is 19.3 Å². The zero-order valence-electron chi connectivity index (χ0n) is 18.5. The first kappa shape index (κ1) is 21.8. The first-order chi connectivity index (χ1) is 15.0. The third-order valence-corrected chi connectivity index (χ3v) is 7.18. The Hall–Kier alpha value is -2.41. The minimum absolute atomic E-state index is 0.00991. The average molecular weight is 429 g/mol. The number of carbonyl (C=O) groups is 3. The predicted octanol–water partition coefficient (Wildman–Crippen LogP) is 2.66. The summed E-state index contributed by atoms with van der Waals surface area (Å²) in [7, 11) is 3.21. The van der Waals surface area contributed by atoms with Gasteiger partial charge in [0.2, 0.25) is 17.7 Å². The van der Waals surface area contributed by atoms with Crippen LogP contribution in [0.1, 0.15) is 56.9 Å². The van der Waals surface area contributed by atoms with Crippen molar-refractivity contribution in [3.05, 3.63) is 29.8 Å². The molecule has 0 aromatic heterocycles. The van der Waals surface area contributed by atoms with Crippen molar-refractivity contribution >= 4 is 17.7 Å². The smallest absolute Gasteiger partial charge is 0.241 e. The van der Waals surface area contributed by atoms with Gasteiger partial charge < -0.3 is 14.4 Å². The minimum Gasteiger partial charge on any atom is -0.496 e. The van der Waals surface area contributed by atoms with Crippen LogP contribution < -0.4 is 4.74 Å². The molecule has 4 rings (SSSR count). The second-order valence-corrected chi connectivity index (χ2v) is 8.98. The summed E-state index contributed by atoms with van der Waals surface area (Å²) >= 11 is 0. The van der Waals surface area contributed by atoms with E-state index in [2.05, 4.69) is 0 Å². The fourth-order valence-electron chi connectivity index (χ4n) is 5.51. The zero-order chi connectivity index (χ0) is 22.0. The summed E-state index contributed by atoms with van der Waals surface area (Å²) in [6.45, 7) is 1.17. The van der Waals surface area contributed by atoms with Crippen molar-refractivity contribution in [1.82, 2.24) is 9.80 Å². The number of para-hydroxylation sites is 1. The van der Waals surface area contributed by atoms with E-state index < -0.39 is 5.41 Å². The van der Waals surface area contributed by atoms with E-state index in [4.69, 9.17) is 9.47 Å². The molecule has 1 aliphatic carbocycles. The summed E-state index contributed by atoms with van der Waals surface area (Å²) in [5, 5.41) is 0. The second-order valence-electron chi connectivity index (χ2n) is 8.98. The number of methoxy groups -OCH3 is 2. The maximum atomic E-state index is 13.9. The first-order valence-electron chi connectivity index (χ1n) is 11.3. The number of benzene rings is 1. The Morgan fingerprint density at radius 2 is 1.84 bits per heavy atom. The van der Waals surface area contributed by atoms with Crippen LogP contribution in [0, 0.1) is 0 Å². The van der Waals surface area contributed by atoms with Crippen molar-refractivity contribution in [1.29, 1.82) is 0 Å². The lowest BCUT2D eigenvalue weighted by Crippen LogP contribution is -2.48. The highest BCUT2D eigenvalue weighted by molar-refractivity contribution is 6.11. The Morgan fingerprint density at radius 3 is 2.55 bits per heavy atom. The summed E-state index contributed by atoms with van der Waals surface area (Å²) in [5.74, 6) is 0.00628. The summed E-state index contributed by atoms with van der Waals surface area (Å²) in [4.78, 5) is 43.7. The second kappa shape index (κ2) is 8.99. The third kappa shape index (κ3) is 3.95. The Morgan fingerprint density at radius 1 is 1.10 bits per heavy atom. The Kier molecular flexibility index (Phi) is 6.32. The number of ether oxygens (including phenoxy) is 2. The molecule has 168 valence electrons. The van der Waals surface area contributed by atoms with Crippen LogP contribution in [0.3, 0.4) is 0 Å². The van der Waals surface area contributed by atoms with Gasteiger partial charge in [-0.15, -0.1) is 0 Å². The molecule has 0 bridgehead atoms. The fourth-order valence-corrected chi connectivity index (χ4v) is 5.51. The molecule has 3 fully saturated rings. The molecule has 2 aliphatic heterocycles. The van der Waals surface area contributed by atoms with Crippen LogP contribution >= 0.6 is 0 Å². The van der Waals surface area contributed by atoms with Crippen LogP contribution in [0.4, 0.5) is 0 Å². The molecule has 3 aliphatic rings. The number of rotatable bonds is 6. The van der Waals surface area contributed by atoms with Crippen LogP contribution in [0.15, 0.2) is 24.3 Å². The molecule has 1 aromatic carbocycles. The maximum Gasteiger partial charge on any atom is 0.241 e. The van der Waals surface area contributed by atoms with Crippen molar-refractivity contribution in [2.45, 2.75) is 68.9 Å².